The number of halogens is 1. The van der Waals surface area contributed by atoms with Crippen LogP contribution in [0, 0.1) is 0 Å². The molecule has 4 nitrogen and oxygen atoms in total. The Kier molecular flexibility index (Phi) is 2.58. The molecule has 0 saturated carbocycles. The summed E-state index contributed by atoms with van der Waals surface area (Å²) in [6.07, 6.45) is 0. The first kappa shape index (κ1) is 10.3. The summed E-state index contributed by atoms with van der Waals surface area (Å²) in [7, 11) is 0. The van der Waals surface area contributed by atoms with E-state index >= 15 is 0 Å². The molecule has 0 bridgehead atoms. The quantitative estimate of drug-likeness (QED) is 0.815. The zero-order valence-corrected chi connectivity index (χ0v) is 9.45. The molecule has 2 rings (SSSR count). The number of carbonyl (C=O) groups is 2. The summed E-state index contributed by atoms with van der Waals surface area (Å²) in [6, 6.07) is 5.13. The lowest BCUT2D eigenvalue weighted by atomic mass is 10.1. The van der Waals surface area contributed by atoms with Gasteiger partial charge in [0, 0.05) is 17.6 Å². The molecule has 0 aromatic heterocycles. The number of fused-ring (bicyclic) bond motifs is 1. The largest absolute Gasteiger partial charge is 0.329 e. The Labute approximate surface area is 95.2 Å². The van der Waals surface area contributed by atoms with Crippen molar-refractivity contribution in [1.82, 2.24) is 4.90 Å². The molecule has 0 fully saturated rings. The zero-order valence-electron chi connectivity index (χ0n) is 7.87. The van der Waals surface area contributed by atoms with Crippen LogP contribution in [-0.4, -0.2) is 29.8 Å². The van der Waals surface area contributed by atoms with Crippen LogP contribution in [0.3, 0.4) is 0 Å². The Hall–Kier alpha value is -1.20. The van der Waals surface area contributed by atoms with Crippen LogP contribution >= 0.6 is 15.9 Å². The van der Waals surface area contributed by atoms with Crippen LogP contribution in [0.5, 0.6) is 0 Å². The van der Waals surface area contributed by atoms with Crippen molar-refractivity contribution in [2.45, 2.75) is 0 Å². The first-order valence-electron chi connectivity index (χ1n) is 4.51. The van der Waals surface area contributed by atoms with Gasteiger partial charge in [0.25, 0.3) is 11.8 Å². The molecule has 2 amide bonds. The summed E-state index contributed by atoms with van der Waals surface area (Å²) in [5.41, 5.74) is 6.24. The predicted molar refractivity (Wildman–Crippen MR) is 58.6 cm³/mol. The molecule has 0 radical (unpaired) electrons. The van der Waals surface area contributed by atoms with Crippen molar-refractivity contribution >= 4 is 27.7 Å². The predicted octanol–water partition coefficient (Wildman–Crippen LogP) is 1.00. The van der Waals surface area contributed by atoms with E-state index in [0.717, 1.165) is 0 Å². The average molecular weight is 269 g/mol. The van der Waals surface area contributed by atoms with Gasteiger partial charge in [-0.3, -0.25) is 14.5 Å². The lowest BCUT2D eigenvalue weighted by Crippen LogP contribution is -2.34. The van der Waals surface area contributed by atoms with Crippen LogP contribution in [0.25, 0.3) is 0 Å². The second kappa shape index (κ2) is 3.75. The first-order chi connectivity index (χ1) is 7.16. The second-order valence-electron chi connectivity index (χ2n) is 3.21. The van der Waals surface area contributed by atoms with Gasteiger partial charge in [0.05, 0.1) is 11.1 Å². The van der Waals surface area contributed by atoms with Gasteiger partial charge in [-0.1, -0.05) is 6.07 Å². The number of nitrogens with two attached hydrogens (primary N) is 1. The molecule has 1 aromatic carbocycles. The molecule has 0 spiro atoms. The van der Waals surface area contributed by atoms with Gasteiger partial charge in [0.2, 0.25) is 0 Å². The fourth-order valence-electron chi connectivity index (χ4n) is 1.62. The Morgan fingerprint density at radius 3 is 2.60 bits per heavy atom. The summed E-state index contributed by atoms with van der Waals surface area (Å²) in [5, 5.41) is 0. The van der Waals surface area contributed by atoms with Gasteiger partial charge in [-0.2, -0.15) is 0 Å². The highest BCUT2D eigenvalue weighted by Crippen LogP contribution is 2.28. The van der Waals surface area contributed by atoms with Crippen LogP contribution < -0.4 is 5.73 Å². The van der Waals surface area contributed by atoms with Crippen LogP contribution in [0.4, 0.5) is 0 Å². The van der Waals surface area contributed by atoms with Crippen LogP contribution in [0.2, 0.25) is 0 Å². The van der Waals surface area contributed by atoms with E-state index in [1.54, 1.807) is 18.2 Å². The lowest BCUT2D eigenvalue weighted by molar-refractivity contribution is 0.0658. The summed E-state index contributed by atoms with van der Waals surface area (Å²) in [4.78, 5) is 24.8. The number of rotatable bonds is 2. The molecule has 1 heterocycles. The maximum Gasteiger partial charge on any atom is 0.262 e. The van der Waals surface area contributed by atoms with E-state index in [1.807, 2.05) is 0 Å². The minimum absolute atomic E-state index is 0.262. The molecule has 0 unspecified atom stereocenters. The molecular formula is C10H9BrN2O2. The number of imide groups is 1. The van der Waals surface area contributed by atoms with Crippen molar-refractivity contribution in [3.05, 3.63) is 33.8 Å². The Balaban J connectivity index is 2.51. The minimum atomic E-state index is -0.270. The highest BCUT2D eigenvalue weighted by Gasteiger charge is 2.36. The molecule has 5 heteroatoms. The lowest BCUT2D eigenvalue weighted by Gasteiger charge is -2.11. The van der Waals surface area contributed by atoms with Gasteiger partial charge in [-0.05, 0) is 28.1 Å². The van der Waals surface area contributed by atoms with E-state index in [9.17, 15) is 9.59 Å². The average Bonchev–Trinajstić information content (AvgIpc) is 2.45. The molecule has 0 saturated heterocycles. The molecule has 78 valence electrons. The van der Waals surface area contributed by atoms with E-state index in [4.69, 9.17) is 5.73 Å². The van der Waals surface area contributed by atoms with Crippen molar-refractivity contribution in [2.75, 3.05) is 13.1 Å². The van der Waals surface area contributed by atoms with E-state index in [1.165, 1.54) is 4.90 Å². The van der Waals surface area contributed by atoms with Crippen LogP contribution in [0.15, 0.2) is 22.7 Å². The smallest absolute Gasteiger partial charge is 0.262 e. The third-order valence-electron chi connectivity index (χ3n) is 2.30. The van der Waals surface area contributed by atoms with E-state index in [-0.39, 0.29) is 24.9 Å². The summed E-state index contributed by atoms with van der Waals surface area (Å²) in [6.45, 7) is 0.544. The Morgan fingerprint density at radius 1 is 1.27 bits per heavy atom. The number of nitrogens with zero attached hydrogens (tertiary/aromatic N) is 1. The zero-order chi connectivity index (χ0) is 11.0. The number of hydrogen-bond acceptors (Lipinski definition) is 3. The molecule has 2 N–H and O–H groups in total. The summed E-state index contributed by atoms with van der Waals surface area (Å²) in [5.74, 6) is -0.533. The van der Waals surface area contributed by atoms with E-state index < -0.39 is 0 Å². The number of benzene rings is 1. The van der Waals surface area contributed by atoms with Gasteiger partial charge < -0.3 is 5.73 Å². The number of amides is 2. The third kappa shape index (κ3) is 1.48. The summed E-state index contributed by atoms with van der Waals surface area (Å²) >= 11 is 3.26. The highest BCUT2D eigenvalue weighted by atomic mass is 79.9. The van der Waals surface area contributed by atoms with Gasteiger partial charge >= 0.3 is 0 Å². The third-order valence-corrected chi connectivity index (χ3v) is 2.96. The normalized spacial score (nSPS) is 14.7. The van der Waals surface area contributed by atoms with E-state index in [2.05, 4.69) is 15.9 Å². The van der Waals surface area contributed by atoms with E-state index in [0.29, 0.717) is 15.6 Å². The molecule has 1 aliphatic heterocycles. The Bertz CT molecular complexity index is 445. The maximum absolute atomic E-state index is 11.8. The van der Waals surface area contributed by atoms with Crippen molar-refractivity contribution in [1.29, 1.82) is 0 Å². The number of carbonyl (C=O) groups excluding carboxylic acids is 2. The molecule has 0 aliphatic carbocycles. The minimum Gasteiger partial charge on any atom is -0.329 e. The van der Waals surface area contributed by atoms with Crippen molar-refractivity contribution in [3.8, 4) is 0 Å². The van der Waals surface area contributed by atoms with Gasteiger partial charge in [-0.25, -0.2) is 0 Å². The Morgan fingerprint density at radius 2 is 2.00 bits per heavy atom. The fraction of sp³-hybridized carbons (Fsp3) is 0.200. The fourth-order valence-corrected chi connectivity index (χ4v) is 2.16. The molecule has 0 atom stereocenters. The molecule has 15 heavy (non-hydrogen) atoms. The first-order valence-corrected chi connectivity index (χ1v) is 5.31. The van der Waals surface area contributed by atoms with Crippen LogP contribution in [0.1, 0.15) is 20.7 Å². The monoisotopic (exact) mass is 268 g/mol. The number of hydrogen-bond donors (Lipinski definition) is 1. The second-order valence-corrected chi connectivity index (χ2v) is 4.07. The van der Waals surface area contributed by atoms with Crippen LogP contribution in [-0.2, 0) is 0 Å². The standard InChI is InChI=1S/C10H9BrN2O2/c11-7-3-1-2-6-8(7)10(15)13(5-4-12)9(6)14/h1-3H,4-5,12H2. The van der Waals surface area contributed by atoms with Gasteiger partial charge in [0.1, 0.15) is 0 Å². The molecule has 1 aliphatic rings. The molecular weight excluding hydrogens is 260 g/mol. The highest BCUT2D eigenvalue weighted by molar-refractivity contribution is 9.10. The van der Waals surface area contributed by atoms with Crippen molar-refractivity contribution in [3.63, 3.8) is 0 Å². The molecule has 1 aromatic rings. The SMILES string of the molecule is NCCN1C(=O)c2cccc(Br)c2C1=O. The van der Waals surface area contributed by atoms with Gasteiger partial charge in [-0.15, -0.1) is 0 Å². The summed E-state index contributed by atoms with van der Waals surface area (Å²) < 4.78 is 0.651. The van der Waals surface area contributed by atoms with Crippen molar-refractivity contribution < 1.29 is 9.59 Å². The maximum atomic E-state index is 11.8. The van der Waals surface area contributed by atoms with Crippen molar-refractivity contribution in [2.24, 2.45) is 5.73 Å². The van der Waals surface area contributed by atoms with Gasteiger partial charge in [0.15, 0.2) is 0 Å². The topological polar surface area (TPSA) is 63.4 Å².